The van der Waals surface area contributed by atoms with Gasteiger partial charge in [-0.25, -0.2) is 0 Å². The third kappa shape index (κ3) is 2.74. The van der Waals surface area contributed by atoms with E-state index in [2.05, 4.69) is 0 Å². The van der Waals surface area contributed by atoms with Gasteiger partial charge in [0.2, 0.25) is 0 Å². The Balaban J connectivity index is 1.67. The number of hydrogen-bond donors (Lipinski definition) is 4. The summed E-state index contributed by atoms with van der Waals surface area (Å²) in [5.74, 6) is 1.59. The molecule has 0 aliphatic heterocycles. The maximum atomic E-state index is 7.51. The van der Waals surface area contributed by atoms with Gasteiger partial charge in [-0.2, -0.15) is 0 Å². The topological polar surface area (TPSA) is 126 Å². The number of benzene rings is 2. The van der Waals surface area contributed by atoms with Crippen LogP contribution >= 0.6 is 0 Å². The molecule has 6 N–H and O–H groups in total. The number of nitrogen functional groups attached to an aromatic ring is 2. The molecule has 4 rings (SSSR count). The van der Waals surface area contributed by atoms with E-state index in [1.165, 1.54) is 0 Å². The normalized spacial score (nSPS) is 11.2. The van der Waals surface area contributed by atoms with Crippen molar-refractivity contribution in [1.82, 2.24) is 0 Å². The third-order valence-electron chi connectivity index (χ3n) is 4.11. The summed E-state index contributed by atoms with van der Waals surface area (Å²) in [4.78, 5) is 0. The molecular weight excluding hydrogens is 316 g/mol. The molecule has 0 bridgehead atoms. The Morgan fingerprint density at radius 3 is 1.56 bits per heavy atom. The molecule has 0 atom stereocenters. The number of nitrogens with two attached hydrogens (primary N) is 2. The molecule has 0 amide bonds. The molecule has 0 aliphatic carbocycles. The van der Waals surface area contributed by atoms with E-state index in [4.69, 9.17) is 31.1 Å². The van der Waals surface area contributed by atoms with Gasteiger partial charge in [-0.3, -0.25) is 10.8 Å². The molecule has 0 saturated heterocycles. The third-order valence-corrected chi connectivity index (χ3v) is 4.11. The maximum Gasteiger partial charge on any atom is 0.134 e. The molecule has 0 spiro atoms. The minimum atomic E-state index is 0.0307. The zero-order valence-electron chi connectivity index (χ0n) is 13.3. The van der Waals surface area contributed by atoms with Crippen molar-refractivity contribution in [1.29, 1.82) is 10.8 Å². The van der Waals surface area contributed by atoms with Crippen LogP contribution in [0.3, 0.4) is 0 Å². The fourth-order valence-corrected chi connectivity index (χ4v) is 2.88. The molecule has 0 radical (unpaired) electrons. The van der Waals surface area contributed by atoms with E-state index in [-0.39, 0.29) is 11.7 Å². The molecule has 25 heavy (non-hydrogen) atoms. The van der Waals surface area contributed by atoms with Gasteiger partial charge < -0.3 is 20.3 Å². The van der Waals surface area contributed by atoms with Gasteiger partial charge in [-0.15, -0.1) is 0 Å². The Morgan fingerprint density at radius 1 is 0.720 bits per heavy atom. The van der Waals surface area contributed by atoms with Crippen LogP contribution in [-0.4, -0.2) is 11.7 Å². The van der Waals surface area contributed by atoms with Crippen LogP contribution in [0.2, 0.25) is 0 Å². The quantitative estimate of drug-likeness (QED) is 0.338. The first-order chi connectivity index (χ1) is 12.0. The molecule has 124 valence electrons. The Morgan fingerprint density at radius 2 is 1.16 bits per heavy atom. The van der Waals surface area contributed by atoms with E-state index < -0.39 is 0 Å². The average Bonchev–Trinajstić information content (AvgIpc) is 3.15. The van der Waals surface area contributed by atoms with Crippen molar-refractivity contribution in [2.75, 3.05) is 0 Å². The number of amidine groups is 2. The van der Waals surface area contributed by atoms with Crippen molar-refractivity contribution >= 4 is 33.6 Å². The van der Waals surface area contributed by atoms with E-state index in [9.17, 15) is 0 Å². The second-order valence-corrected chi connectivity index (χ2v) is 5.93. The van der Waals surface area contributed by atoms with Gasteiger partial charge in [-0.05, 0) is 48.5 Å². The first kappa shape index (κ1) is 15.0. The zero-order chi connectivity index (χ0) is 17.6. The van der Waals surface area contributed by atoms with Gasteiger partial charge in [0, 0.05) is 21.9 Å². The molecule has 6 heteroatoms. The minimum Gasteiger partial charge on any atom is -0.461 e. The Hall–Kier alpha value is -3.54. The lowest BCUT2D eigenvalue weighted by atomic mass is 10.1. The second-order valence-electron chi connectivity index (χ2n) is 5.93. The largest absolute Gasteiger partial charge is 0.461 e. The lowest BCUT2D eigenvalue weighted by molar-refractivity contribution is 0.512. The summed E-state index contributed by atoms with van der Waals surface area (Å²) in [5.41, 5.74) is 13.9. The van der Waals surface area contributed by atoms with Crippen molar-refractivity contribution in [2.45, 2.75) is 6.42 Å². The van der Waals surface area contributed by atoms with Gasteiger partial charge in [0.25, 0.3) is 0 Å². The van der Waals surface area contributed by atoms with Gasteiger partial charge in [-0.1, -0.05) is 0 Å². The van der Waals surface area contributed by atoms with Crippen LogP contribution in [0.15, 0.2) is 57.4 Å². The predicted octanol–water partition coefficient (Wildman–Crippen LogP) is 3.34. The zero-order valence-corrected chi connectivity index (χ0v) is 13.3. The van der Waals surface area contributed by atoms with Gasteiger partial charge in [0.15, 0.2) is 0 Å². The van der Waals surface area contributed by atoms with Crippen LogP contribution in [0.25, 0.3) is 21.9 Å². The summed E-state index contributed by atoms with van der Waals surface area (Å²) in [6.07, 6.45) is 0.508. The smallest absolute Gasteiger partial charge is 0.134 e. The predicted molar refractivity (Wildman–Crippen MR) is 97.3 cm³/mol. The number of furan rings is 2. The molecule has 2 heterocycles. The van der Waals surface area contributed by atoms with Crippen molar-refractivity contribution < 1.29 is 8.83 Å². The van der Waals surface area contributed by atoms with E-state index in [1.54, 1.807) is 12.1 Å². The summed E-state index contributed by atoms with van der Waals surface area (Å²) in [6, 6.07) is 14.7. The Labute approximate surface area is 143 Å². The van der Waals surface area contributed by atoms with Crippen molar-refractivity contribution in [2.24, 2.45) is 11.5 Å². The maximum absolute atomic E-state index is 7.51. The standard InChI is InChI=1S/C19H16N4O2/c20-18(21)10-1-3-16-12(5-10)7-14(24-16)9-15-8-13-6-11(19(22)23)2-4-17(13)25-15/h1-8H,9H2,(H3,20,21)(H3,22,23). The monoisotopic (exact) mass is 332 g/mol. The van der Waals surface area contributed by atoms with Crippen LogP contribution in [0.4, 0.5) is 0 Å². The number of nitrogens with one attached hydrogen (secondary N) is 2. The first-order valence-corrected chi connectivity index (χ1v) is 7.73. The molecule has 0 unspecified atom stereocenters. The summed E-state index contributed by atoms with van der Waals surface area (Å²) in [5, 5.41) is 16.8. The Kier molecular flexibility index (Phi) is 3.32. The lowest BCUT2D eigenvalue weighted by Crippen LogP contribution is -2.10. The van der Waals surface area contributed by atoms with Crippen molar-refractivity contribution in [3.8, 4) is 0 Å². The highest BCUT2D eigenvalue weighted by atomic mass is 16.4. The molecule has 0 aliphatic rings. The fraction of sp³-hybridized carbons (Fsp3) is 0.0526. The number of rotatable bonds is 4. The van der Waals surface area contributed by atoms with Crippen LogP contribution in [0, 0.1) is 10.8 Å². The highest BCUT2D eigenvalue weighted by Gasteiger charge is 2.11. The Bertz CT molecular complexity index is 1050. The van der Waals surface area contributed by atoms with Crippen molar-refractivity contribution in [3.63, 3.8) is 0 Å². The molecular formula is C19H16N4O2. The first-order valence-electron chi connectivity index (χ1n) is 7.73. The average molecular weight is 332 g/mol. The van der Waals surface area contributed by atoms with E-state index in [0.717, 1.165) is 33.5 Å². The highest BCUT2D eigenvalue weighted by molar-refractivity contribution is 5.99. The fourth-order valence-electron chi connectivity index (χ4n) is 2.88. The SMILES string of the molecule is N=C(N)c1ccc2oc(Cc3cc4cc(C(=N)N)ccc4o3)cc2c1. The second kappa shape index (κ2) is 5.52. The summed E-state index contributed by atoms with van der Waals surface area (Å²) >= 11 is 0. The van der Waals surface area contributed by atoms with Gasteiger partial charge >= 0.3 is 0 Å². The molecule has 2 aromatic heterocycles. The molecule has 6 nitrogen and oxygen atoms in total. The molecule has 2 aromatic carbocycles. The van der Waals surface area contributed by atoms with Crippen LogP contribution in [0.5, 0.6) is 0 Å². The van der Waals surface area contributed by atoms with E-state index in [0.29, 0.717) is 17.5 Å². The van der Waals surface area contributed by atoms with Crippen molar-refractivity contribution in [3.05, 3.63) is 71.2 Å². The number of hydrogen-bond acceptors (Lipinski definition) is 4. The lowest BCUT2D eigenvalue weighted by Gasteiger charge is -1.96. The minimum absolute atomic E-state index is 0.0307. The summed E-state index contributed by atoms with van der Waals surface area (Å²) in [6.45, 7) is 0. The summed E-state index contributed by atoms with van der Waals surface area (Å²) in [7, 11) is 0. The van der Waals surface area contributed by atoms with E-state index in [1.807, 2.05) is 36.4 Å². The van der Waals surface area contributed by atoms with Gasteiger partial charge in [0.05, 0.1) is 6.42 Å². The molecule has 0 saturated carbocycles. The summed E-state index contributed by atoms with van der Waals surface area (Å²) < 4.78 is 11.7. The van der Waals surface area contributed by atoms with Crippen LogP contribution < -0.4 is 11.5 Å². The van der Waals surface area contributed by atoms with Crippen LogP contribution in [-0.2, 0) is 6.42 Å². The van der Waals surface area contributed by atoms with E-state index >= 15 is 0 Å². The number of fused-ring (bicyclic) bond motifs is 2. The van der Waals surface area contributed by atoms with Gasteiger partial charge in [0.1, 0.15) is 34.4 Å². The van der Waals surface area contributed by atoms with Crippen LogP contribution in [0.1, 0.15) is 22.6 Å². The molecule has 0 fully saturated rings. The highest BCUT2D eigenvalue weighted by Crippen LogP contribution is 2.26. The molecule has 4 aromatic rings.